The van der Waals surface area contributed by atoms with Crippen LogP contribution in [0, 0.1) is 12.8 Å². The summed E-state index contributed by atoms with van der Waals surface area (Å²) in [6, 6.07) is 1.97. The van der Waals surface area contributed by atoms with Crippen LogP contribution in [0.4, 0.5) is 0 Å². The van der Waals surface area contributed by atoms with Gasteiger partial charge in [-0.2, -0.15) is 0 Å². The Hall–Kier alpha value is -1.36. The molecule has 0 bridgehead atoms. The first-order valence-corrected chi connectivity index (χ1v) is 6.39. The lowest BCUT2D eigenvalue weighted by Gasteiger charge is -2.32. The Bertz CT molecular complexity index is 416. The molecular formula is C13H21N3O2. The maximum atomic E-state index is 11.4. The summed E-state index contributed by atoms with van der Waals surface area (Å²) in [5.41, 5.74) is 0.968. The second-order valence-electron chi connectivity index (χ2n) is 5.30. The summed E-state index contributed by atoms with van der Waals surface area (Å²) >= 11 is 0. The zero-order chi connectivity index (χ0) is 13.1. The fraction of sp³-hybridized carbons (Fsp3) is 0.692. The van der Waals surface area contributed by atoms with Crippen molar-refractivity contribution in [1.82, 2.24) is 15.0 Å². The van der Waals surface area contributed by atoms with Crippen molar-refractivity contribution in [1.29, 1.82) is 0 Å². The number of nitrogens with zero attached hydrogens (tertiary/aromatic N) is 3. The van der Waals surface area contributed by atoms with Crippen molar-refractivity contribution in [2.24, 2.45) is 5.92 Å². The van der Waals surface area contributed by atoms with Crippen LogP contribution >= 0.6 is 0 Å². The molecular weight excluding hydrogens is 230 g/mol. The molecule has 1 aromatic heterocycles. The fourth-order valence-corrected chi connectivity index (χ4v) is 2.52. The highest BCUT2D eigenvalue weighted by atomic mass is 16.5. The second-order valence-corrected chi connectivity index (χ2v) is 5.30. The minimum absolute atomic E-state index is 0.265. The Morgan fingerprint density at radius 1 is 1.61 bits per heavy atom. The molecule has 18 heavy (non-hydrogen) atoms. The third-order valence-electron chi connectivity index (χ3n) is 3.40. The Labute approximate surface area is 108 Å². The van der Waals surface area contributed by atoms with Gasteiger partial charge >= 0.3 is 0 Å². The van der Waals surface area contributed by atoms with Crippen LogP contribution in [0.2, 0.25) is 0 Å². The molecule has 0 radical (unpaired) electrons. The lowest BCUT2D eigenvalue weighted by molar-refractivity contribution is -0.133. The number of aryl methyl sites for hydroxylation is 1. The molecule has 0 aliphatic carbocycles. The number of likely N-dealkylation sites (tertiary alicyclic amines) is 1. The number of rotatable bonds is 4. The summed E-state index contributed by atoms with van der Waals surface area (Å²) in [5, 5.41) is 3.99. The van der Waals surface area contributed by atoms with Gasteiger partial charge < -0.3 is 14.3 Å². The highest BCUT2D eigenvalue weighted by molar-refractivity contribution is 5.76. The van der Waals surface area contributed by atoms with E-state index in [2.05, 4.69) is 17.1 Å². The molecule has 1 unspecified atom stereocenters. The number of hydrogen-bond acceptors (Lipinski definition) is 4. The van der Waals surface area contributed by atoms with Crippen molar-refractivity contribution < 1.29 is 9.32 Å². The molecule has 0 aromatic carbocycles. The van der Waals surface area contributed by atoms with E-state index in [1.54, 1.807) is 0 Å². The SMILES string of the molecule is Cc1cc(CN(C)CC2CCC(=O)N(C)C2)no1. The smallest absolute Gasteiger partial charge is 0.222 e. The first-order chi connectivity index (χ1) is 8.54. The maximum Gasteiger partial charge on any atom is 0.222 e. The van der Waals surface area contributed by atoms with E-state index >= 15 is 0 Å². The van der Waals surface area contributed by atoms with Crippen LogP contribution in [0.1, 0.15) is 24.3 Å². The number of aromatic nitrogens is 1. The van der Waals surface area contributed by atoms with Gasteiger partial charge in [0.25, 0.3) is 0 Å². The first-order valence-electron chi connectivity index (χ1n) is 6.39. The third kappa shape index (κ3) is 3.32. The average molecular weight is 251 g/mol. The molecule has 1 aromatic rings. The summed E-state index contributed by atoms with van der Waals surface area (Å²) in [6.45, 7) is 4.55. The molecule has 1 saturated heterocycles. The monoisotopic (exact) mass is 251 g/mol. The van der Waals surface area contributed by atoms with E-state index in [9.17, 15) is 4.79 Å². The minimum Gasteiger partial charge on any atom is -0.361 e. The van der Waals surface area contributed by atoms with E-state index in [0.29, 0.717) is 12.3 Å². The van der Waals surface area contributed by atoms with Gasteiger partial charge in [-0.05, 0) is 26.3 Å². The van der Waals surface area contributed by atoms with Gasteiger partial charge in [0, 0.05) is 39.2 Å². The summed E-state index contributed by atoms with van der Waals surface area (Å²) < 4.78 is 5.06. The van der Waals surface area contributed by atoms with Gasteiger partial charge in [-0.25, -0.2) is 0 Å². The van der Waals surface area contributed by atoms with Gasteiger partial charge in [-0.3, -0.25) is 4.79 Å². The summed E-state index contributed by atoms with van der Waals surface area (Å²) in [4.78, 5) is 15.5. The quantitative estimate of drug-likeness (QED) is 0.809. The van der Waals surface area contributed by atoms with E-state index < -0.39 is 0 Å². The van der Waals surface area contributed by atoms with Crippen LogP contribution in [0.5, 0.6) is 0 Å². The van der Waals surface area contributed by atoms with Crippen molar-refractivity contribution in [3.63, 3.8) is 0 Å². The molecule has 1 aliphatic rings. The van der Waals surface area contributed by atoms with Crippen LogP contribution in [-0.2, 0) is 11.3 Å². The Morgan fingerprint density at radius 3 is 3.00 bits per heavy atom. The number of amides is 1. The van der Waals surface area contributed by atoms with Crippen LogP contribution in [0.25, 0.3) is 0 Å². The van der Waals surface area contributed by atoms with Crippen LogP contribution in [0.3, 0.4) is 0 Å². The van der Waals surface area contributed by atoms with E-state index in [-0.39, 0.29) is 5.91 Å². The third-order valence-corrected chi connectivity index (χ3v) is 3.40. The van der Waals surface area contributed by atoms with E-state index in [0.717, 1.165) is 37.5 Å². The molecule has 1 aliphatic heterocycles. The molecule has 100 valence electrons. The number of carbonyl (C=O) groups excluding carboxylic acids is 1. The molecule has 2 heterocycles. The van der Waals surface area contributed by atoms with Crippen molar-refractivity contribution in [3.05, 3.63) is 17.5 Å². The molecule has 5 nitrogen and oxygen atoms in total. The Kier molecular flexibility index (Phi) is 4.01. The molecule has 1 atom stereocenters. The van der Waals surface area contributed by atoms with Crippen molar-refractivity contribution in [2.45, 2.75) is 26.3 Å². The Balaban J connectivity index is 1.80. The van der Waals surface area contributed by atoms with Crippen LogP contribution in [-0.4, -0.2) is 48.0 Å². The van der Waals surface area contributed by atoms with Gasteiger partial charge in [0.1, 0.15) is 5.76 Å². The molecule has 1 fully saturated rings. The number of carbonyl (C=O) groups is 1. The van der Waals surface area contributed by atoms with Gasteiger partial charge in [-0.1, -0.05) is 5.16 Å². The zero-order valence-electron chi connectivity index (χ0n) is 11.3. The molecule has 0 spiro atoms. The zero-order valence-corrected chi connectivity index (χ0v) is 11.3. The first kappa shape index (κ1) is 13.1. The maximum absolute atomic E-state index is 11.4. The van der Waals surface area contributed by atoms with Gasteiger partial charge in [0.05, 0.1) is 5.69 Å². The standard InChI is InChI=1S/C13H21N3O2/c1-10-6-12(14-18-10)9-15(2)7-11-4-5-13(17)16(3)8-11/h6,11H,4-5,7-9H2,1-3H3. The molecule has 1 amide bonds. The molecule has 0 N–H and O–H groups in total. The topological polar surface area (TPSA) is 49.6 Å². The van der Waals surface area contributed by atoms with E-state index in [1.165, 1.54) is 0 Å². The second kappa shape index (κ2) is 5.52. The number of piperidine rings is 1. The van der Waals surface area contributed by atoms with Crippen LogP contribution in [0.15, 0.2) is 10.6 Å². The van der Waals surface area contributed by atoms with Gasteiger partial charge in [0.2, 0.25) is 5.91 Å². The van der Waals surface area contributed by atoms with Gasteiger partial charge in [0.15, 0.2) is 0 Å². The summed E-state index contributed by atoms with van der Waals surface area (Å²) in [6.07, 6.45) is 1.67. The number of hydrogen-bond donors (Lipinski definition) is 0. The van der Waals surface area contributed by atoms with Crippen LogP contribution < -0.4 is 0 Å². The van der Waals surface area contributed by atoms with Crippen molar-refractivity contribution in [3.8, 4) is 0 Å². The van der Waals surface area contributed by atoms with Gasteiger partial charge in [-0.15, -0.1) is 0 Å². The molecule has 2 rings (SSSR count). The fourth-order valence-electron chi connectivity index (χ4n) is 2.52. The predicted molar refractivity (Wildman–Crippen MR) is 67.9 cm³/mol. The lowest BCUT2D eigenvalue weighted by atomic mass is 9.97. The van der Waals surface area contributed by atoms with Crippen molar-refractivity contribution in [2.75, 3.05) is 27.2 Å². The van der Waals surface area contributed by atoms with E-state index in [1.807, 2.05) is 24.9 Å². The summed E-state index contributed by atoms with van der Waals surface area (Å²) in [5.74, 6) is 1.67. The molecule has 5 heteroatoms. The molecule has 0 saturated carbocycles. The van der Waals surface area contributed by atoms with E-state index in [4.69, 9.17) is 4.52 Å². The normalized spacial score (nSPS) is 20.8. The predicted octanol–water partition coefficient (Wildman–Crippen LogP) is 1.28. The summed E-state index contributed by atoms with van der Waals surface area (Å²) in [7, 11) is 3.97. The minimum atomic E-state index is 0.265. The highest BCUT2D eigenvalue weighted by Crippen LogP contribution is 2.17. The largest absolute Gasteiger partial charge is 0.361 e. The average Bonchev–Trinajstić information content (AvgIpc) is 2.69. The van der Waals surface area contributed by atoms with Crippen molar-refractivity contribution >= 4 is 5.91 Å². The lowest BCUT2D eigenvalue weighted by Crippen LogP contribution is -2.41. The highest BCUT2D eigenvalue weighted by Gasteiger charge is 2.23. The Morgan fingerprint density at radius 2 is 2.39 bits per heavy atom.